The Kier molecular flexibility index (Phi) is 4.69. The Hall–Kier alpha value is -3.42. The zero-order chi connectivity index (χ0) is 18.6. The number of hydrogen-bond donors (Lipinski definition) is 1. The maximum Gasteiger partial charge on any atom is 0.292 e. The smallest absolute Gasteiger partial charge is 0.292 e. The van der Waals surface area contributed by atoms with Crippen LogP contribution in [-0.2, 0) is 0 Å². The van der Waals surface area contributed by atoms with Crippen LogP contribution < -0.4 is 5.32 Å². The third-order valence-electron chi connectivity index (χ3n) is 4.45. The zero-order valence-electron chi connectivity index (χ0n) is 14.9. The van der Waals surface area contributed by atoms with Gasteiger partial charge in [0.1, 0.15) is 11.5 Å². The van der Waals surface area contributed by atoms with Crippen molar-refractivity contribution in [3.8, 4) is 0 Å². The van der Waals surface area contributed by atoms with E-state index in [0.29, 0.717) is 18.2 Å². The standard InChI is InChI=1S/C19H19N7O/c1-13-5-2-7-15(24-13)25-17-16(20-10-11-23-17)14-6-3-12-26(14)19(27)18-21-8-4-9-22-18/h2,4-5,7-11,14H,3,6,12H2,1H3,(H,23,24,25)/t14-/m1/s1. The SMILES string of the molecule is Cc1cccc(Nc2nccnc2[C@H]2CCCN2C(=O)c2ncccn2)n1. The highest BCUT2D eigenvalue weighted by Crippen LogP contribution is 2.35. The van der Waals surface area contributed by atoms with Gasteiger partial charge < -0.3 is 10.2 Å². The number of pyridine rings is 1. The van der Waals surface area contributed by atoms with E-state index in [2.05, 4.69) is 30.2 Å². The first-order valence-corrected chi connectivity index (χ1v) is 8.82. The number of amides is 1. The third kappa shape index (κ3) is 3.59. The molecule has 0 radical (unpaired) electrons. The maximum absolute atomic E-state index is 12.9. The van der Waals surface area contributed by atoms with E-state index < -0.39 is 0 Å². The molecule has 0 spiro atoms. The van der Waals surface area contributed by atoms with Crippen LogP contribution in [0.1, 0.15) is 40.9 Å². The number of carbonyl (C=O) groups is 1. The lowest BCUT2D eigenvalue weighted by molar-refractivity contribution is 0.0720. The molecule has 27 heavy (non-hydrogen) atoms. The first-order chi connectivity index (χ1) is 13.2. The molecule has 8 nitrogen and oxygen atoms in total. The third-order valence-corrected chi connectivity index (χ3v) is 4.45. The predicted octanol–water partition coefficient (Wildman–Crippen LogP) is 2.69. The van der Waals surface area contributed by atoms with Gasteiger partial charge in [0.05, 0.1) is 6.04 Å². The molecule has 136 valence electrons. The Labute approximate surface area is 156 Å². The summed E-state index contributed by atoms with van der Waals surface area (Å²) < 4.78 is 0. The molecule has 1 aliphatic rings. The fraction of sp³-hybridized carbons (Fsp3) is 0.263. The molecule has 0 bridgehead atoms. The van der Waals surface area contributed by atoms with Crippen LogP contribution in [-0.4, -0.2) is 42.3 Å². The molecule has 1 amide bonds. The summed E-state index contributed by atoms with van der Waals surface area (Å²) >= 11 is 0. The van der Waals surface area contributed by atoms with Crippen LogP contribution in [0.3, 0.4) is 0 Å². The molecule has 4 rings (SSSR count). The second kappa shape index (κ2) is 7.45. The lowest BCUT2D eigenvalue weighted by atomic mass is 10.1. The Balaban J connectivity index is 1.63. The monoisotopic (exact) mass is 361 g/mol. The van der Waals surface area contributed by atoms with Gasteiger partial charge in [0, 0.05) is 37.0 Å². The maximum atomic E-state index is 12.9. The number of hydrogen-bond acceptors (Lipinski definition) is 7. The van der Waals surface area contributed by atoms with E-state index in [1.807, 2.05) is 25.1 Å². The Morgan fingerprint density at radius 3 is 2.70 bits per heavy atom. The van der Waals surface area contributed by atoms with Gasteiger partial charge >= 0.3 is 0 Å². The highest BCUT2D eigenvalue weighted by atomic mass is 16.2. The van der Waals surface area contributed by atoms with Crippen LogP contribution in [0.5, 0.6) is 0 Å². The first-order valence-electron chi connectivity index (χ1n) is 8.82. The Morgan fingerprint density at radius 1 is 1.07 bits per heavy atom. The molecule has 0 unspecified atom stereocenters. The molecule has 8 heteroatoms. The summed E-state index contributed by atoms with van der Waals surface area (Å²) in [5, 5.41) is 3.24. The van der Waals surface area contributed by atoms with Crippen LogP contribution in [0.2, 0.25) is 0 Å². The lowest BCUT2D eigenvalue weighted by Gasteiger charge is -2.24. The quantitative estimate of drug-likeness (QED) is 0.763. The van der Waals surface area contributed by atoms with Gasteiger partial charge in [-0.2, -0.15) is 0 Å². The molecule has 1 atom stereocenters. The minimum absolute atomic E-state index is 0.178. The van der Waals surface area contributed by atoms with Crippen molar-refractivity contribution >= 4 is 17.5 Å². The van der Waals surface area contributed by atoms with Gasteiger partial charge in [0.25, 0.3) is 5.91 Å². The number of aryl methyl sites for hydroxylation is 1. The average Bonchev–Trinajstić information content (AvgIpc) is 3.18. The van der Waals surface area contributed by atoms with Crippen LogP contribution >= 0.6 is 0 Å². The lowest BCUT2D eigenvalue weighted by Crippen LogP contribution is -2.32. The molecule has 1 N–H and O–H groups in total. The van der Waals surface area contributed by atoms with Gasteiger partial charge in [-0.15, -0.1) is 0 Å². The van der Waals surface area contributed by atoms with Crippen LogP contribution in [0.15, 0.2) is 49.1 Å². The molecule has 0 aromatic carbocycles. The van der Waals surface area contributed by atoms with Gasteiger partial charge in [-0.05, 0) is 38.0 Å². The molecule has 3 aromatic rings. The van der Waals surface area contributed by atoms with Gasteiger partial charge in [0.2, 0.25) is 5.82 Å². The number of likely N-dealkylation sites (tertiary alicyclic amines) is 1. The molecule has 3 aromatic heterocycles. The summed E-state index contributed by atoms with van der Waals surface area (Å²) in [5.74, 6) is 1.31. The minimum Gasteiger partial charge on any atom is -0.327 e. The number of nitrogens with zero attached hydrogens (tertiary/aromatic N) is 6. The molecular formula is C19H19N7O. The van der Waals surface area contributed by atoms with Gasteiger partial charge in [0.15, 0.2) is 5.82 Å². The largest absolute Gasteiger partial charge is 0.327 e. The second-order valence-electron chi connectivity index (χ2n) is 6.31. The van der Waals surface area contributed by atoms with Gasteiger partial charge in [-0.25, -0.2) is 19.9 Å². The Morgan fingerprint density at radius 2 is 1.89 bits per heavy atom. The molecular weight excluding hydrogens is 342 g/mol. The fourth-order valence-electron chi connectivity index (χ4n) is 3.25. The van der Waals surface area contributed by atoms with Gasteiger partial charge in [-0.3, -0.25) is 9.78 Å². The van der Waals surface area contributed by atoms with Crippen molar-refractivity contribution in [3.63, 3.8) is 0 Å². The number of aromatic nitrogens is 5. The van der Waals surface area contributed by atoms with E-state index in [-0.39, 0.29) is 17.8 Å². The van der Waals surface area contributed by atoms with Crippen molar-refractivity contribution in [1.82, 2.24) is 29.8 Å². The number of rotatable bonds is 4. The van der Waals surface area contributed by atoms with Crippen molar-refractivity contribution in [3.05, 3.63) is 66.3 Å². The highest BCUT2D eigenvalue weighted by molar-refractivity contribution is 5.91. The van der Waals surface area contributed by atoms with Crippen molar-refractivity contribution in [2.24, 2.45) is 0 Å². The van der Waals surface area contributed by atoms with Crippen LogP contribution in [0, 0.1) is 6.92 Å². The van der Waals surface area contributed by atoms with E-state index in [9.17, 15) is 4.79 Å². The van der Waals surface area contributed by atoms with Crippen LogP contribution in [0.4, 0.5) is 11.6 Å². The number of carbonyl (C=O) groups excluding carboxylic acids is 1. The molecule has 1 aliphatic heterocycles. The highest BCUT2D eigenvalue weighted by Gasteiger charge is 2.34. The zero-order valence-corrected chi connectivity index (χ0v) is 14.9. The second-order valence-corrected chi connectivity index (χ2v) is 6.31. The van der Waals surface area contributed by atoms with E-state index in [0.717, 1.165) is 24.2 Å². The van der Waals surface area contributed by atoms with E-state index >= 15 is 0 Å². The normalized spacial score (nSPS) is 16.3. The summed E-state index contributed by atoms with van der Waals surface area (Å²) in [6.45, 7) is 2.57. The Bertz CT molecular complexity index is 948. The molecule has 1 fully saturated rings. The van der Waals surface area contributed by atoms with E-state index in [1.54, 1.807) is 35.8 Å². The fourth-order valence-corrected chi connectivity index (χ4v) is 3.25. The summed E-state index contributed by atoms with van der Waals surface area (Å²) in [7, 11) is 0. The number of nitrogens with one attached hydrogen (secondary N) is 1. The van der Waals surface area contributed by atoms with Crippen molar-refractivity contribution in [2.75, 3.05) is 11.9 Å². The molecule has 0 aliphatic carbocycles. The first kappa shape index (κ1) is 17.0. The topological polar surface area (TPSA) is 96.8 Å². The molecule has 4 heterocycles. The van der Waals surface area contributed by atoms with Gasteiger partial charge in [-0.1, -0.05) is 6.07 Å². The average molecular weight is 361 g/mol. The summed E-state index contributed by atoms with van der Waals surface area (Å²) in [6.07, 6.45) is 8.12. The molecule has 0 saturated carbocycles. The van der Waals surface area contributed by atoms with Crippen LogP contribution in [0.25, 0.3) is 0 Å². The summed E-state index contributed by atoms with van der Waals surface area (Å²) in [5.41, 5.74) is 1.63. The van der Waals surface area contributed by atoms with E-state index in [4.69, 9.17) is 0 Å². The predicted molar refractivity (Wildman–Crippen MR) is 99.3 cm³/mol. The minimum atomic E-state index is -0.191. The van der Waals surface area contributed by atoms with E-state index in [1.165, 1.54) is 0 Å². The summed E-state index contributed by atoms with van der Waals surface area (Å²) in [6, 6.07) is 7.25. The van der Waals surface area contributed by atoms with Crippen molar-refractivity contribution < 1.29 is 4.79 Å². The van der Waals surface area contributed by atoms with Crippen molar-refractivity contribution in [1.29, 1.82) is 0 Å². The summed E-state index contributed by atoms with van der Waals surface area (Å²) in [4.78, 5) is 36.2. The number of anilines is 2. The van der Waals surface area contributed by atoms with Crippen molar-refractivity contribution in [2.45, 2.75) is 25.8 Å². The molecule has 1 saturated heterocycles.